The second-order valence-electron chi connectivity index (χ2n) is 6.04. The van der Waals surface area contributed by atoms with Crippen molar-refractivity contribution in [1.82, 2.24) is 0 Å². The van der Waals surface area contributed by atoms with Crippen LogP contribution in [0.25, 0.3) is 0 Å². The smallest absolute Gasteiger partial charge is 0.0297 e. The molecule has 0 unspecified atom stereocenters. The molecule has 1 spiro atoms. The third-order valence-electron chi connectivity index (χ3n) is 4.83. The van der Waals surface area contributed by atoms with Gasteiger partial charge in [-0.3, -0.25) is 0 Å². The van der Waals surface area contributed by atoms with Crippen molar-refractivity contribution in [3.63, 3.8) is 0 Å². The van der Waals surface area contributed by atoms with E-state index in [0.29, 0.717) is 0 Å². The summed E-state index contributed by atoms with van der Waals surface area (Å²) >= 11 is 0. The Bertz CT molecular complexity index is 153. The minimum atomic E-state index is 0.815. The molecule has 2 saturated carbocycles. The maximum atomic E-state index is 1.56. The van der Waals surface area contributed by atoms with Crippen molar-refractivity contribution in [3.05, 3.63) is 0 Å². The Morgan fingerprint density at radius 2 is 0.600 bits per heavy atom. The Hall–Kier alpha value is 0. The molecule has 0 nitrogen and oxygen atoms in total. The van der Waals surface area contributed by atoms with Gasteiger partial charge in [0.1, 0.15) is 0 Å². The fourth-order valence-electron chi connectivity index (χ4n) is 3.81. The Balaban J connectivity index is 1.87. The first kappa shape index (κ1) is 11.5. The molecule has 0 N–H and O–H groups in total. The highest BCUT2D eigenvalue weighted by molar-refractivity contribution is 4.83. The van der Waals surface area contributed by atoms with Crippen LogP contribution in [0.3, 0.4) is 0 Å². The van der Waals surface area contributed by atoms with Gasteiger partial charge in [-0.05, 0) is 31.1 Å². The maximum Gasteiger partial charge on any atom is -0.0297 e. The van der Waals surface area contributed by atoms with Gasteiger partial charge in [0, 0.05) is 0 Å². The predicted molar refractivity (Wildman–Crippen MR) is 67.1 cm³/mol. The standard InChI is InChI=1S/C15H28/c1-2-4-7-11-15(12-8-5-3-1)13-9-6-10-14-15/h1-14H2. The summed E-state index contributed by atoms with van der Waals surface area (Å²) in [6.45, 7) is 0. The van der Waals surface area contributed by atoms with E-state index in [1.807, 2.05) is 0 Å². The van der Waals surface area contributed by atoms with Crippen LogP contribution in [0.15, 0.2) is 0 Å². The van der Waals surface area contributed by atoms with Gasteiger partial charge in [-0.2, -0.15) is 0 Å². The molecule has 0 bridgehead atoms. The summed E-state index contributed by atoms with van der Waals surface area (Å²) in [5, 5.41) is 0. The summed E-state index contributed by atoms with van der Waals surface area (Å²) in [4.78, 5) is 0. The lowest BCUT2D eigenvalue weighted by Crippen LogP contribution is -2.24. The normalized spacial score (nSPS) is 28.8. The lowest BCUT2D eigenvalue weighted by atomic mass is 9.67. The van der Waals surface area contributed by atoms with Crippen LogP contribution in [0.4, 0.5) is 0 Å². The molecule has 88 valence electrons. The zero-order valence-electron chi connectivity index (χ0n) is 10.4. The first-order chi connectivity index (χ1) is 7.41. The molecule has 0 heterocycles. The second kappa shape index (κ2) is 5.92. The van der Waals surface area contributed by atoms with Crippen molar-refractivity contribution in [1.29, 1.82) is 0 Å². The highest BCUT2D eigenvalue weighted by Gasteiger charge is 2.30. The van der Waals surface area contributed by atoms with Crippen molar-refractivity contribution in [2.24, 2.45) is 5.41 Å². The minimum absolute atomic E-state index is 0.815. The van der Waals surface area contributed by atoms with Crippen LogP contribution in [-0.2, 0) is 0 Å². The SMILES string of the molecule is C1CCCCC2(CCCC1)CCCCC2. The van der Waals surface area contributed by atoms with Crippen LogP contribution in [0.5, 0.6) is 0 Å². The highest BCUT2D eigenvalue weighted by Crippen LogP contribution is 2.45. The van der Waals surface area contributed by atoms with E-state index < -0.39 is 0 Å². The summed E-state index contributed by atoms with van der Waals surface area (Å²) in [6, 6.07) is 0. The largest absolute Gasteiger partial charge is 0.0533 e. The summed E-state index contributed by atoms with van der Waals surface area (Å²) in [7, 11) is 0. The van der Waals surface area contributed by atoms with Gasteiger partial charge in [0.15, 0.2) is 0 Å². The summed E-state index contributed by atoms with van der Waals surface area (Å²) in [5.41, 5.74) is 0.815. The van der Waals surface area contributed by atoms with E-state index in [9.17, 15) is 0 Å². The molecule has 0 atom stereocenters. The molecule has 2 rings (SSSR count). The Kier molecular flexibility index (Phi) is 4.53. The monoisotopic (exact) mass is 208 g/mol. The predicted octanol–water partition coefficient (Wildman–Crippen LogP) is 5.46. The van der Waals surface area contributed by atoms with Crippen molar-refractivity contribution in [2.75, 3.05) is 0 Å². The molecule has 2 aliphatic carbocycles. The van der Waals surface area contributed by atoms with Gasteiger partial charge in [0.05, 0.1) is 0 Å². The zero-order valence-corrected chi connectivity index (χ0v) is 10.4. The molecular weight excluding hydrogens is 180 g/mol. The van der Waals surface area contributed by atoms with Crippen LogP contribution in [0, 0.1) is 5.41 Å². The molecule has 0 amide bonds. The van der Waals surface area contributed by atoms with Gasteiger partial charge in [0.25, 0.3) is 0 Å². The quantitative estimate of drug-likeness (QED) is 0.496. The highest BCUT2D eigenvalue weighted by atomic mass is 14.4. The van der Waals surface area contributed by atoms with Crippen molar-refractivity contribution < 1.29 is 0 Å². The fourth-order valence-corrected chi connectivity index (χ4v) is 3.81. The minimum Gasteiger partial charge on any atom is -0.0533 e. The third-order valence-corrected chi connectivity index (χ3v) is 4.83. The molecule has 2 fully saturated rings. The Morgan fingerprint density at radius 1 is 0.333 bits per heavy atom. The van der Waals surface area contributed by atoms with Crippen LogP contribution in [0.2, 0.25) is 0 Å². The molecule has 2 aliphatic rings. The Morgan fingerprint density at radius 3 is 1.00 bits per heavy atom. The summed E-state index contributed by atoms with van der Waals surface area (Å²) < 4.78 is 0. The topological polar surface area (TPSA) is 0 Å². The Labute approximate surface area is 95.8 Å². The fraction of sp³-hybridized carbons (Fsp3) is 1.00. The van der Waals surface area contributed by atoms with Gasteiger partial charge >= 0.3 is 0 Å². The van der Waals surface area contributed by atoms with Crippen LogP contribution >= 0.6 is 0 Å². The molecule has 0 aliphatic heterocycles. The van der Waals surface area contributed by atoms with Gasteiger partial charge in [-0.25, -0.2) is 0 Å². The zero-order chi connectivity index (χ0) is 10.4. The molecule has 0 radical (unpaired) electrons. The lowest BCUT2D eigenvalue weighted by molar-refractivity contribution is 0.144. The molecule has 0 saturated heterocycles. The van der Waals surface area contributed by atoms with Crippen molar-refractivity contribution >= 4 is 0 Å². The molecule has 15 heavy (non-hydrogen) atoms. The van der Waals surface area contributed by atoms with E-state index in [1.54, 1.807) is 25.7 Å². The first-order valence-corrected chi connectivity index (χ1v) is 7.41. The van der Waals surface area contributed by atoms with Crippen molar-refractivity contribution in [3.8, 4) is 0 Å². The summed E-state index contributed by atoms with van der Waals surface area (Å²) in [6.07, 6.45) is 21.4. The summed E-state index contributed by atoms with van der Waals surface area (Å²) in [5.74, 6) is 0. The van der Waals surface area contributed by atoms with Crippen LogP contribution < -0.4 is 0 Å². The van der Waals surface area contributed by atoms with Gasteiger partial charge in [-0.1, -0.05) is 64.2 Å². The lowest BCUT2D eigenvalue weighted by Gasteiger charge is -2.38. The molecule has 0 aromatic heterocycles. The molecular formula is C15H28. The van der Waals surface area contributed by atoms with E-state index in [-0.39, 0.29) is 0 Å². The second-order valence-corrected chi connectivity index (χ2v) is 6.04. The average Bonchev–Trinajstić information content (AvgIpc) is 2.29. The van der Waals surface area contributed by atoms with Crippen LogP contribution in [0.1, 0.15) is 89.9 Å². The number of hydrogen-bond donors (Lipinski definition) is 0. The molecule has 0 aromatic carbocycles. The van der Waals surface area contributed by atoms with Gasteiger partial charge in [-0.15, -0.1) is 0 Å². The number of hydrogen-bond acceptors (Lipinski definition) is 0. The average molecular weight is 208 g/mol. The van der Waals surface area contributed by atoms with E-state index in [4.69, 9.17) is 0 Å². The van der Waals surface area contributed by atoms with E-state index >= 15 is 0 Å². The number of rotatable bonds is 0. The maximum absolute atomic E-state index is 1.56. The van der Waals surface area contributed by atoms with Crippen molar-refractivity contribution in [2.45, 2.75) is 89.9 Å². The van der Waals surface area contributed by atoms with E-state index in [1.165, 1.54) is 64.2 Å². The van der Waals surface area contributed by atoms with Gasteiger partial charge in [0.2, 0.25) is 0 Å². The first-order valence-electron chi connectivity index (χ1n) is 7.41. The van der Waals surface area contributed by atoms with Crippen LogP contribution in [-0.4, -0.2) is 0 Å². The third kappa shape index (κ3) is 3.50. The molecule has 0 heteroatoms. The molecule has 0 aromatic rings. The van der Waals surface area contributed by atoms with Gasteiger partial charge < -0.3 is 0 Å². The van der Waals surface area contributed by atoms with E-state index in [2.05, 4.69) is 0 Å². The van der Waals surface area contributed by atoms with E-state index in [0.717, 1.165) is 5.41 Å².